The molecular formula is C14H16N2O5S2. The number of thiazole rings is 1. The van der Waals surface area contributed by atoms with E-state index in [9.17, 15) is 8.42 Å². The quantitative estimate of drug-likeness (QED) is 0.810. The Morgan fingerprint density at radius 1 is 1.35 bits per heavy atom. The van der Waals surface area contributed by atoms with Crippen molar-refractivity contribution in [1.82, 2.24) is 9.71 Å². The Hall–Kier alpha value is -1.68. The van der Waals surface area contributed by atoms with Crippen LogP contribution in [0.25, 0.3) is 0 Å². The average molecular weight is 356 g/mol. The van der Waals surface area contributed by atoms with Gasteiger partial charge in [0.2, 0.25) is 16.8 Å². The number of hydrogen-bond acceptors (Lipinski definition) is 7. The van der Waals surface area contributed by atoms with Crippen LogP contribution in [-0.2, 0) is 27.8 Å². The molecule has 1 aliphatic heterocycles. The van der Waals surface area contributed by atoms with Crippen molar-refractivity contribution < 1.29 is 22.6 Å². The number of ether oxygens (including phenoxy) is 3. The fraction of sp³-hybridized carbons (Fsp3) is 0.357. The van der Waals surface area contributed by atoms with E-state index in [4.69, 9.17) is 14.2 Å². The lowest BCUT2D eigenvalue weighted by Gasteiger charge is -2.06. The van der Waals surface area contributed by atoms with Gasteiger partial charge in [-0.1, -0.05) is 0 Å². The number of nitrogens with one attached hydrogen (secondary N) is 1. The molecule has 1 N–H and O–H groups in total. The zero-order valence-electron chi connectivity index (χ0n) is 12.4. The summed E-state index contributed by atoms with van der Waals surface area (Å²) >= 11 is 1.50. The maximum atomic E-state index is 12.3. The topological polar surface area (TPSA) is 86.8 Å². The SMILES string of the molecule is COCc1nc(CCNS(=O)(=O)c2ccc3c(c2)OCO3)cs1. The van der Waals surface area contributed by atoms with E-state index in [-0.39, 0.29) is 18.2 Å². The predicted molar refractivity (Wildman–Crippen MR) is 84.3 cm³/mol. The lowest BCUT2D eigenvalue weighted by Crippen LogP contribution is -2.26. The van der Waals surface area contributed by atoms with Gasteiger partial charge in [-0.2, -0.15) is 0 Å². The summed E-state index contributed by atoms with van der Waals surface area (Å²) in [5.41, 5.74) is 0.843. The number of methoxy groups -OCH3 is 1. The third kappa shape index (κ3) is 3.81. The van der Waals surface area contributed by atoms with Gasteiger partial charge in [0.1, 0.15) is 5.01 Å². The average Bonchev–Trinajstić information content (AvgIpc) is 3.15. The largest absolute Gasteiger partial charge is 0.454 e. The third-order valence-electron chi connectivity index (χ3n) is 3.19. The molecule has 2 aromatic rings. The molecule has 0 unspecified atom stereocenters. The standard InChI is InChI=1S/C14H16N2O5S2/c1-19-7-14-16-10(8-22-14)4-5-15-23(17,18)11-2-3-12-13(6-11)21-9-20-12/h2-3,6,8,15H,4-5,7,9H2,1H3. The molecule has 0 atom stereocenters. The number of aromatic nitrogens is 1. The van der Waals surface area contributed by atoms with Crippen LogP contribution < -0.4 is 14.2 Å². The van der Waals surface area contributed by atoms with Gasteiger partial charge in [0.15, 0.2) is 11.5 Å². The van der Waals surface area contributed by atoms with Crippen LogP contribution in [0.15, 0.2) is 28.5 Å². The molecule has 1 aliphatic rings. The maximum absolute atomic E-state index is 12.3. The normalized spacial score (nSPS) is 13.4. The molecule has 7 nitrogen and oxygen atoms in total. The van der Waals surface area contributed by atoms with E-state index in [1.807, 2.05) is 5.38 Å². The van der Waals surface area contributed by atoms with Gasteiger partial charge in [0.05, 0.1) is 17.2 Å². The summed E-state index contributed by atoms with van der Waals surface area (Å²) in [6.45, 7) is 0.848. The smallest absolute Gasteiger partial charge is 0.240 e. The Kier molecular flexibility index (Phi) is 4.81. The summed E-state index contributed by atoms with van der Waals surface area (Å²) in [7, 11) is -1.98. The second-order valence-corrected chi connectivity index (χ2v) is 7.54. The number of fused-ring (bicyclic) bond motifs is 1. The Labute approximate surface area is 138 Å². The van der Waals surface area contributed by atoms with Crippen LogP contribution in [0.2, 0.25) is 0 Å². The van der Waals surface area contributed by atoms with Crippen LogP contribution in [0, 0.1) is 0 Å². The highest BCUT2D eigenvalue weighted by Crippen LogP contribution is 2.33. The molecule has 0 radical (unpaired) electrons. The van der Waals surface area contributed by atoms with Crippen LogP contribution in [0.1, 0.15) is 10.7 Å². The third-order valence-corrected chi connectivity index (χ3v) is 5.52. The number of rotatable bonds is 7. The van der Waals surface area contributed by atoms with Crippen LogP contribution in [0.3, 0.4) is 0 Å². The molecule has 124 valence electrons. The number of sulfonamides is 1. The molecule has 1 aromatic carbocycles. The summed E-state index contributed by atoms with van der Waals surface area (Å²) in [6, 6.07) is 4.55. The van der Waals surface area contributed by atoms with Crippen molar-refractivity contribution in [3.8, 4) is 11.5 Å². The first-order chi connectivity index (χ1) is 11.1. The Bertz CT molecular complexity index is 788. The van der Waals surface area contributed by atoms with Gasteiger partial charge in [-0.15, -0.1) is 11.3 Å². The molecule has 0 saturated carbocycles. The first-order valence-electron chi connectivity index (χ1n) is 6.90. The molecule has 23 heavy (non-hydrogen) atoms. The van der Waals surface area contributed by atoms with E-state index in [1.165, 1.54) is 23.5 Å². The summed E-state index contributed by atoms with van der Waals surface area (Å²) in [6.07, 6.45) is 0.518. The van der Waals surface area contributed by atoms with Crippen molar-refractivity contribution in [3.63, 3.8) is 0 Å². The molecule has 1 aromatic heterocycles. The molecule has 0 bridgehead atoms. The van der Waals surface area contributed by atoms with Gasteiger partial charge in [-0.3, -0.25) is 0 Å². The summed E-state index contributed by atoms with van der Waals surface area (Å²) in [5.74, 6) is 0.994. The van der Waals surface area contributed by atoms with Crippen molar-refractivity contribution in [2.45, 2.75) is 17.9 Å². The molecule has 9 heteroatoms. The predicted octanol–water partition coefficient (Wildman–Crippen LogP) is 1.54. The molecule has 0 aliphatic carbocycles. The Balaban J connectivity index is 1.60. The fourth-order valence-corrected chi connectivity index (χ4v) is 3.94. The van der Waals surface area contributed by atoms with Crippen molar-refractivity contribution >= 4 is 21.4 Å². The number of benzene rings is 1. The van der Waals surface area contributed by atoms with E-state index in [0.717, 1.165) is 10.7 Å². The molecule has 2 heterocycles. The van der Waals surface area contributed by atoms with E-state index in [2.05, 4.69) is 9.71 Å². The highest BCUT2D eigenvalue weighted by Gasteiger charge is 2.20. The minimum absolute atomic E-state index is 0.111. The van der Waals surface area contributed by atoms with Gasteiger partial charge in [0.25, 0.3) is 0 Å². The first-order valence-corrected chi connectivity index (χ1v) is 9.26. The molecule has 0 fully saturated rings. The summed E-state index contributed by atoms with van der Waals surface area (Å²) in [5, 5.41) is 2.78. The molecule has 0 amide bonds. The molecule has 0 saturated heterocycles. The zero-order chi connectivity index (χ0) is 16.3. The monoisotopic (exact) mass is 356 g/mol. The summed E-state index contributed by atoms with van der Waals surface area (Å²) < 4.78 is 42.5. The zero-order valence-corrected chi connectivity index (χ0v) is 14.1. The van der Waals surface area contributed by atoms with Crippen LogP contribution in [-0.4, -0.2) is 33.8 Å². The van der Waals surface area contributed by atoms with E-state index >= 15 is 0 Å². The lowest BCUT2D eigenvalue weighted by molar-refractivity contribution is 0.174. The van der Waals surface area contributed by atoms with Crippen LogP contribution >= 0.6 is 11.3 Å². The van der Waals surface area contributed by atoms with Crippen molar-refractivity contribution in [1.29, 1.82) is 0 Å². The number of hydrogen-bond donors (Lipinski definition) is 1. The fourth-order valence-electron chi connectivity index (χ4n) is 2.09. The molecule has 3 rings (SSSR count). The minimum atomic E-state index is -3.59. The minimum Gasteiger partial charge on any atom is -0.454 e. The van der Waals surface area contributed by atoms with Gasteiger partial charge >= 0.3 is 0 Å². The summed E-state index contributed by atoms with van der Waals surface area (Å²) in [4.78, 5) is 4.51. The molecule has 0 spiro atoms. The van der Waals surface area contributed by atoms with E-state index in [0.29, 0.717) is 24.5 Å². The van der Waals surface area contributed by atoms with E-state index in [1.54, 1.807) is 13.2 Å². The second kappa shape index (κ2) is 6.83. The Morgan fingerprint density at radius 2 is 2.17 bits per heavy atom. The number of nitrogens with zero attached hydrogens (tertiary/aromatic N) is 1. The van der Waals surface area contributed by atoms with Gasteiger partial charge in [0, 0.05) is 31.5 Å². The Morgan fingerprint density at radius 3 is 3.00 bits per heavy atom. The van der Waals surface area contributed by atoms with Crippen LogP contribution in [0.5, 0.6) is 11.5 Å². The highest BCUT2D eigenvalue weighted by atomic mass is 32.2. The maximum Gasteiger partial charge on any atom is 0.240 e. The van der Waals surface area contributed by atoms with Crippen molar-refractivity contribution in [2.75, 3.05) is 20.4 Å². The second-order valence-electron chi connectivity index (χ2n) is 4.83. The van der Waals surface area contributed by atoms with Gasteiger partial charge in [-0.25, -0.2) is 18.1 Å². The molecular weight excluding hydrogens is 340 g/mol. The first kappa shape index (κ1) is 16.2. The van der Waals surface area contributed by atoms with Gasteiger partial charge in [-0.05, 0) is 12.1 Å². The van der Waals surface area contributed by atoms with Crippen molar-refractivity contribution in [3.05, 3.63) is 34.3 Å². The van der Waals surface area contributed by atoms with Gasteiger partial charge < -0.3 is 14.2 Å². The van der Waals surface area contributed by atoms with E-state index < -0.39 is 10.0 Å². The highest BCUT2D eigenvalue weighted by molar-refractivity contribution is 7.89. The lowest BCUT2D eigenvalue weighted by atomic mass is 10.3. The van der Waals surface area contributed by atoms with Crippen molar-refractivity contribution in [2.24, 2.45) is 0 Å². The van der Waals surface area contributed by atoms with Crippen LogP contribution in [0.4, 0.5) is 0 Å².